The molecular weight excluding hydrogens is 430 g/mol. The Morgan fingerprint density at radius 1 is 1.21 bits per heavy atom. The van der Waals surface area contributed by atoms with Gasteiger partial charge < -0.3 is 14.5 Å². The maximum Gasteiger partial charge on any atom is 0.410 e. The van der Waals surface area contributed by atoms with Gasteiger partial charge in [0.15, 0.2) is 5.65 Å². The molecule has 3 aromatic rings. The fraction of sp³-hybridized carbons (Fsp3) is 0.480. The number of pyridine rings is 1. The maximum absolute atomic E-state index is 12.6. The van der Waals surface area contributed by atoms with Gasteiger partial charge in [0.2, 0.25) is 0 Å². The minimum Gasteiger partial charge on any atom is -0.444 e. The molecule has 1 saturated carbocycles. The molecule has 3 aromatic heterocycles. The number of hydrogen-bond donors (Lipinski definition) is 0. The molecule has 5 rings (SSSR count). The standard InChI is InChI=1S/C25H29N7O2/c1-16-13-30(24(33)34-25(2,3)4)9-10-31(16)22-21-19(18-5-6-18)14-32(23(21)29-15-28-22)20-11-17(12-26)7-8-27-20/h7-8,11,14-16,18H,5-6,9-10,13H2,1-4H3/t16-/m1/s1. The van der Waals surface area contributed by atoms with Crippen LogP contribution < -0.4 is 4.90 Å². The van der Waals surface area contributed by atoms with Gasteiger partial charge in [0.25, 0.3) is 0 Å². The summed E-state index contributed by atoms with van der Waals surface area (Å²) >= 11 is 0. The van der Waals surface area contributed by atoms with Gasteiger partial charge >= 0.3 is 6.09 Å². The molecule has 0 radical (unpaired) electrons. The topological polar surface area (TPSA) is 100 Å². The zero-order valence-electron chi connectivity index (χ0n) is 20.0. The molecule has 1 aliphatic carbocycles. The van der Waals surface area contributed by atoms with Crippen LogP contribution in [0.5, 0.6) is 0 Å². The summed E-state index contributed by atoms with van der Waals surface area (Å²) in [5, 5.41) is 10.4. The Morgan fingerprint density at radius 3 is 2.68 bits per heavy atom. The van der Waals surface area contributed by atoms with E-state index in [1.54, 1.807) is 29.6 Å². The number of carbonyl (C=O) groups is 1. The largest absolute Gasteiger partial charge is 0.444 e. The fourth-order valence-electron chi connectivity index (χ4n) is 4.55. The Labute approximate surface area is 199 Å². The van der Waals surface area contributed by atoms with Crippen molar-refractivity contribution < 1.29 is 9.53 Å². The number of nitriles is 1. The number of nitrogens with zero attached hydrogens (tertiary/aromatic N) is 7. The lowest BCUT2D eigenvalue weighted by Crippen LogP contribution is -2.54. The average molecular weight is 460 g/mol. The molecule has 0 spiro atoms. The van der Waals surface area contributed by atoms with E-state index in [2.05, 4.69) is 34.1 Å². The number of aromatic nitrogens is 4. The smallest absolute Gasteiger partial charge is 0.410 e. The Kier molecular flexibility index (Phi) is 5.39. The van der Waals surface area contributed by atoms with Crippen LogP contribution in [-0.2, 0) is 4.74 Å². The van der Waals surface area contributed by atoms with E-state index in [0.717, 1.165) is 29.7 Å². The molecule has 1 aliphatic heterocycles. The number of fused-ring (bicyclic) bond motifs is 1. The van der Waals surface area contributed by atoms with Gasteiger partial charge in [-0.3, -0.25) is 4.57 Å². The van der Waals surface area contributed by atoms with Crippen LogP contribution in [0.3, 0.4) is 0 Å². The van der Waals surface area contributed by atoms with E-state index in [4.69, 9.17) is 9.72 Å². The fourth-order valence-corrected chi connectivity index (χ4v) is 4.55. The SMILES string of the molecule is C[C@@H]1CN(C(=O)OC(C)(C)C)CCN1c1ncnc2c1c(C1CC1)cn2-c1cc(C#N)ccn1. The van der Waals surface area contributed by atoms with Crippen LogP contribution in [0.25, 0.3) is 16.9 Å². The van der Waals surface area contributed by atoms with Gasteiger partial charge in [-0.05, 0) is 64.2 Å². The van der Waals surface area contributed by atoms with Crippen molar-refractivity contribution in [2.45, 2.75) is 58.1 Å². The molecule has 4 heterocycles. The second-order valence-corrected chi connectivity index (χ2v) is 10.1. The predicted molar refractivity (Wildman–Crippen MR) is 128 cm³/mol. The molecule has 9 heteroatoms. The second-order valence-electron chi connectivity index (χ2n) is 10.1. The summed E-state index contributed by atoms with van der Waals surface area (Å²) in [7, 11) is 0. The zero-order chi connectivity index (χ0) is 24.0. The normalized spacial score (nSPS) is 18.7. The lowest BCUT2D eigenvalue weighted by atomic mass is 10.1. The monoisotopic (exact) mass is 459 g/mol. The Balaban J connectivity index is 1.51. The number of anilines is 1. The molecule has 1 atom stereocenters. The van der Waals surface area contributed by atoms with Crippen molar-refractivity contribution in [3.63, 3.8) is 0 Å². The van der Waals surface area contributed by atoms with Gasteiger partial charge in [0.1, 0.15) is 23.6 Å². The Morgan fingerprint density at radius 2 is 2.00 bits per heavy atom. The summed E-state index contributed by atoms with van der Waals surface area (Å²) in [5.74, 6) is 2.04. The zero-order valence-corrected chi connectivity index (χ0v) is 20.0. The first-order valence-electron chi connectivity index (χ1n) is 11.7. The van der Waals surface area contributed by atoms with E-state index in [-0.39, 0.29) is 12.1 Å². The molecule has 2 fully saturated rings. The van der Waals surface area contributed by atoms with Crippen LogP contribution in [-0.4, -0.2) is 61.8 Å². The highest BCUT2D eigenvalue weighted by molar-refractivity contribution is 5.93. The third-order valence-corrected chi connectivity index (χ3v) is 6.28. The van der Waals surface area contributed by atoms with Crippen molar-refractivity contribution in [2.75, 3.05) is 24.5 Å². The predicted octanol–water partition coefficient (Wildman–Crippen LogP) is 4.01. The number of ether oxygens (including phenoxy) is 1. The number of amides is 1. The van der Waals surface area contributed by atoms with Crippen LogP contribution in [0, 0.1) is 11.3 Å². The quantitative estimate of drug-likeness (QED) is 0.583. The third-order valence-electron chi connectivity index (χ3n) is 6.28. The second kappa shape index (κ2) is 8.28. The van der Waals surface area contributed by atoms with E-state index in [9.17, 15) is 10.1 Å². The molecular formula is C25H29N7O2. The summed E-state index contributed by atoms with van der Waals surface area (Å²) in [6.07, 6.45) is 7.34. The first-order chi connectivity index (χ1) is 16.2. The summed E-state index contributed by atoms with van der Waals surface area (Å²) in [6.45, 7) is 9.54. The summed E-state index contributed by atoms with van der Waals surface area (Å²) in [6, 6.07) is 5.73. The molecule has 0 unspecified atom stereocenters. The van der Waals surface area contributed by atoms with Crippen LogP contribution in [0.1, 0.15) is 57.6 Å². The van der Waals surface area contributed by atoms with Gasteiger partial charge in [0.05, 0.1) is 17.0 Å². The van der Waals surface area contributed by atoms with Crippen molar-refractivity contribution in [2.24, 2.45) is 0 Å². The van der Waals surface area contributed by atoms with E-state index >= 15 is 0 Å². The first-order valence-corrected chi connectivity index (χ1v) is 11.7. The van der Waals surface area contributed by atoms with Gasteiger partial charge in [-0.2, -0.15) is 5.26 Å². The molecule has 0 aromatic carbocycles. The highest BCUT2D eigenvalue weighted by Gasteiger charge is 2.34. The number of rotatable bonds is 3. The van der Waals surface area contributed by atoms with E-state index in [1.165, 1.54) is 5.56 Å². The van der Waals surface area contributed by atoms with Crippen LogP contribution in [0.4, 0.5) is 10.6 Å². The lowest BCUT2D eigenvalue weighted by Gasteiger charge is -2.41. The van der Waals surface area contributed by atoms with Crippen molar-refractivity contribution >= 4 is 22.9 Å². The summed E-state index contributed by atoms with van der Waals surface area (Å²) in [4.78, 5) is 30.5. The minimum absolute atomic E-state index is 0.0646. The van der Waals surface area contributed by atoms with Crippen molar-refractivity contribution in [3.05, 3.63) is 42.0 Å². The third kappa shape index (κ3) is 4.16. The lowest BCUT2D eigenvalue weighted by molar-refractivity contribution is 0.0218. The van der Waals surface area contributed by atoms with Crippen LogP contribution in [0.15, 0.2) is 30.9 Å². The number of piperazine rings is 1. The average Bonchev–Trinajstić information content (AvgIpc) is 3.57. The van der Waals surface area contributed by atoms with E-state index in [1.807, 2.05) is 25.3 Å². The Bertz CT molecular complexity index is 1280. The van der Waals surface area contributed by atoms with Gasteiger partial charge in [-0.15, -0.1) is 0 Å². The molecule has 0 bridgehead atoms. The van der Waals surface area contributed by atoms with Gasteiger partial charge in [-0.1, -0.05) is 0 Å². The number of hydrogen-bond acceptors (Lipinski definition) is 7. The Hall–Kier alpha value is -3.67. The van der Waals surface area contributed by atoms with Crippen LogP contribution >= 0.6 is 0 Å². The van der Waals surface area contributed by atoms with E-state index < -0.39 is 5.60 Å². The number of carbonyl (C=O) groups excluding carboxylic acids is 1. The molecule has 2 aliphatic rings. The molecule has 1 amide bonds. The van der Waals surface area contributed by atoms with E-state index in [0.29, 0.717) is 36.9 Å². The van der Waals surface area contributed by atoms with Crippen molar-refractivity contribution in [3.8, 4) is 11.9 Å². The van der Waals surface area contributed by atoms with Crippen molar-refractivity contribution in [1.82, 2.24) is 24.4 Å². The first kappa shape index (κ1) is 22.1. The summed E-state index contributed by atoms with van der Waals surface area (Å²) in [5.41, 5.74) is 2.05. The highest BCUT2D eigenvalue weighted by Crippen LogP contribution is 2.46. The van der Waals surface area contributed by atoms with Crippen molar-refractivity contribution in [1.29, 1.82) is 5.26 Å². The molecule has 34 heavy (non-hydrogen) atoms. The van der Waals surface area contributed by atoms with Crippen LogP contribution in [0.2, 0.25) is 0 Å². The minimum atomic E-state index is -0.519. The molecule has 0 N–H and O–H groups in total. The maximum atomic E-state index is 12.6. The van der Waals surface area contributed by atoms with Gasteiger partial charge in [-0.25, -0.2) is 19.7 Å². The molecule has 1 saturated heterocycles. The summed E-state index contributed by atoms with van der Waals surface area (Å²) < 4.78 is 7.55. The van der Waals surface area contributed by atoms with Gasteiger partial charge in [0, 0.05) is 38.1 Å². The molecule has 9 nitrogen and oxygen atoms in total. The molecule has 176 valence electrons. The highest BCUT2D eigenvalue weighted by atomic mass is 16.6.